The molecule has 1 heterocycles. The molecular weight excluding hydrogens is 323 g/mol. The predicted octanol–water partition coefficient (Wildman–Crippen LogP) is 3.20. The summed E-state index contributed by atoms with van der Waals surface area (Å²) >= 11 is 0. The largest absolute Gasteiger partial charge is 0.466 e. The fourth-order valence-corrected chi connectivity index (χ4v) is 2.54. The molecule has 0 fully saturated rings. The van der Waals surface area contributed by atoms with Crippen LogP contribution in [0.25, 0.3) is 0 Å². The Bertz CT molecular complexity index is 738. The highest BCUT2D eigenvalue weighted by Gasteiger charge is 2.19. The summed E-state index contributed by atoms with van der Waals surface area (Å²) < 4.78 is 18.2. The Kier molecular flexibility index (Phi) is 6.33. The number of hydrogen-bond acceptors (Lipinski definition) is 3. The van der Waals surface area contributed by atoms with E-state index in [1.54, 1.807) is 36.9 Å². The quantitative estimate of drug-likeness (QED) is 0.837. The van der Waals surface area contributed by atoms with Crippen molar-refractivity contribution in [3.05, 3.63) is 58.8 Å². The number of hydrogen-bond donors (Lipinski definition) is 1. The molecule has 0 unspecified atom stereocenters. The van der Waals surface area contributed by atoms with Crippen LogP contribution in [0.3, 0.4) is 0 Å². The summed E-state index contributed by atoms with van der Waals surface area (Å²) in [6, 6.07) is 7.68. The molecule has 2 rings (SSSR count). The third kappa shape index (κ3) is 5.17. The van der Waals surface area contributed by atoms with E-state index in [1.807, 2.05) is 6.92 Å². The minimum atomic E-state index is -0.308. The van der Waals surface area contributed by atoms with Crippen LogP contribution in [0.2, 0.25) is 0 Å². The number of furan rings is 1. The second kappa shape index (κ2) is 8.46. The van der Waals surface area contributed by atoms with Crippen LogP contribution in [-0.4, -0.2) is 29.8 Å². The zero-order chi connectivity index (χ0) is 18.4. The zero-order valence-corrected chi connectivity index (χ0v) is 14.8. The Morgan fingerprint density at radius 3 is 2.44 bits per heavy atom. The number of benzene rings is 1. The molecule has 0 aliphatic rings. The van der Waals surface area contributed by atoms with Crippen molar-refractivity contribution < 1.29 is 18.4 Å². The zero-order valence-electron chi connectivity index (χ0n) is 14.8. The fraction of sp³-hybridized carbons (Fsp3) is 0.368. The molecule has 6 heteroatoms. The lowest BCUT2D eigenvalue weighted by Crippen LogP contribution is -2.35. The van der Waals surface area contributed by atoms with Gasteiger partial charge in [-0.15, -0.1) is 0 Å². The highest BCUT2D eigenvalue weighted by molar-refractivity contribution is 5.95. The Morgan fingerprint density at radius 2 is 1.88 bits per heavy atom. The number of rotatable bonds is 7. The average molecular weight is 346 g/mol. The van der Waals surface area contributed by atoms with Crippen LogP contribution < -0.4 is 5.32 Å². The van der Waals surface area contributed by atoms with E-state index in [9.17, 15) is 14.0 Å². The summed E-state index contributed by atoms with van der Waals surface area (Å²) in [4.78, 5) is 26.1. The monoisotopic (exact) mass is 346 g/mol. The van der Waals surface area contributed by atoms with E-state index in [1.165, 1.54) is 12.1 Å². The number of carbonyl (C=O) groups excluding carboxylic acids is 2. The van der Waals surface area contributed by atoms with Gasteiger partial charge in [0, 0.05) is 26.1 Å². The first-order valence-corrected chi connectivity index (χ1v) is 8.28. The lowest BCUT2D eigenvalue weighted by Gasteiger charge is -2.20. The second-order valence-electron chi connectivity index (χ2n) is 5.86. The van der Waals surface area contributed by atoms with Crippen LogP contribution in [-0.2, 0) is 11.3 Å². The van der Waals surface area contributed by atoms with E-state index < -0.39 is 0 Å². The normalized spacial score (nSPS) is 10.6. The maximum absolute atomic E-state index is 12.8. The van der Waals surface area contributed by atoms with Crippen molar-refractivity contribution in [1.29, 1.82) is 0 Å². The van der Waals surface area contributed by atoms with Crippen LogP contribution >= 0.6 is 0 Å². The molecule has 0 spiro atoms. The van der Waals surface area contributed by atoms with Crippen molar-refractivity contribution in [2.45, 2.75) is 33.7 Å². The van der Waals surface area contributed by atoms with Crippen molar-refractivity contribution in [1.82, 2.24) is 10.2 Å². The van der Waals surface area contributed by atoms with E-state index in [4.69, 9.17) is 4.42 Å². The molecule has 0 aliphatic carbocycles. The van der Waals surface area contributed by atoms with Crippen molar-refractivity contribution >= 4 is 11.8 Å². The Morgan fingerprint density at radius 1 is 1.20 bits per heavy atom. The SMILES string of the molecule is CCN(CCC(=O)NCc1ccc(F)cc1)C(=O)c1cc(C)oc1C. The summed E-state index contributed by atoms with van der Waals surface area (Å²) in [5.74, 6) is 0.673. The van der Waals surface area contributed by atoms with E-state index in [2.05, 4.69) is 5.32 Å². The summed E-state index contributed by atoms with van der Waals surface area (Å²) in [6.45, 7) is 6.59. The smallest absolute Gasteiger partial charge is 0.257 e. The molecule has 5 nitrogen and oxygen atoms in total. The number of nitrogens with zero attached hydrogens (tertiary/aromatic N) is 1. The molecule has 0 saturated heterocycles. The third-order valence-electron chi connectivity index (χ3n) is 3.95. The van der Waals surface area contributed by atoms with Gasteiger partial charge >= 0.3 is 0 Å². The Hall–Kier alpha value is -2.63. The maximum atomic E-state index is 12.8. The van der Waals surface area contributed by atoms with Crippen LogP contribution in [0, 0.1) is 19.7 Å². The topological polar surface area (TPSA) is 62.6 Å². The van der Waals surface area contributed by atoms with Gasteiger partial charge in [0.2, 0.25) is 5.91 Å². The molecule has 0 atom stereocenters. The molecular formula is C19H23FN2O3. The number of nitrogens with one attached hydrogen (secondary N) is 1. The first kappa shape index (κ1) is 18.7. The van der Waals surface area contributed by atoms with Gasteiger partial charge in [0.05, 0.1) is 5.56 Å². The van der Waals surface area contributed by atoms with E-state index in [0.717, 1.165) is 5.56 Å². The van der Waals surface area contributed by atoms with Gasteiger partial charge in [-0.05, 0) is 44.5 Å². The van der Waals surface area contributed by atoms with Gasteiger partial charge < -0.3 is 14.6 Å². The van der Waals surface area contributed by atoms with Gasteiger partial charge in [0.1, 0.15) is 17.3 Å². The first-order valence-electron chi connectivity index (χ1n) is 8.28. The van der Waals surface area contributed by atoms with Crippen LogP contribution in [0.15, 0.2) is 34.7 Å². The van der Waals surface area contributed by atoms with Gasteiger partial charge in [-0.25, -0.2) is 4.39 Å². The van der Waals surface area contributed by atoms with Gasteiger partial charge in [0.15, 0.2) is 0 Å². The Labute approximate surface area is 146 Å². The third-order valence-corrected chi connectivity index (χ3v) is 3.95. The molecule has 2 aromatic rings. The van der Waals surface area contributed by atoms with E-state index in [-0.39, 0.29) is 24.1 Å². The average Bonchev–Trinajstić information content (AvgIpc) is 2.93. The molecule has 1 aromatic heterocycles. The lowest BCUT2D eigenvalue weighted by molar-refractivity contribution is -0.121. The molecule has 0 aliphatic heterocycles. The standard InChI is InChI=1S/C19H23FN2O3/c1-4-22(19(24)17-11-13(2)25-14(17)3)10-9-18(23)21-12-15-5-7-16(20)8-6-15/h5-8,11H,4,9-10,12H2,1-3H3,(H,21,23). The van der Waals surface area contributed by atoms with Crippen molar-refractivity contribution in [3.63, 3.8) is 0 Å². The van der Waals surface area contributed by atoms with Crippen molar-refractivity contribution in [2.24, 2.45) is 0 Å². The highest BCUT2D eigenvalue weighted by Crippen LogP contribution is 2.16. The highest BCUT2D eigenvalue weighted by atomic mass is 19.1. The fourth-order valence-electron chi connectivity index (χ4n) is 2.54. The van der Waals surface area contributed by atoms with Crippen molar-refractivity contribution in [3.8, 4) is 0 Å². The van der Waals surface area contributed by atoms with Gasteiger partial charge in [-0.3, -0.25) is 9.59 Å². The number of aryl methyl sites for hydroxylation is 2. The number of amides is 2. The summed E-state index contributed by atoms with van der Waals surface area (Å²) in [7, 11) is 0. The van der Waals surface area contributed by atoms with Gasteiger partial charge in [-0.2, -0.15) is 0 Å². The van der Waals surface area contributed by atoms with Crippen LogP contribution in [0.1, 0.15) is 40.8 Å². The van der Waals surface area contributed by atoms with Crippen LogP contribution in [0.4, 0.5) is 4.39 Å². The lowest BCUT2D eigenvalue weighted by atomic mass is 10.2. The number of halogens is 1. The molecule has 25 heavy (non-hydrogen) atoms. The summed E-state index contributed by atoms with van der Waals surface area (Å²) in [5.41, 5.74) is 1.36. The van der Waals surface area contributed by atoms with Crippen LogP contribution in [0.5, 0.6) is 0 Å². The van der Waals surface area contributed by atoms with Gasteiger partial charge in [0.25, 0.3) is 5.91 Å². The second-order valence-corrected chi connectivity index (χ2v) is 5.86. The molecule has 2 amide bonds. The van der Waals surface area contributed by atoms with Crippen molar-refractivity contribution in [2.75, 3.05) is 13.1 Å². The summed E-state index contributed by atoms with van der Waals surface area (Å²) in [6.07, 6.45) is 0.205. The number of carbonyl (C=O) groups is 2. The molecule has 0 saturated carbocycles. The van der Waals surface area contributed by atoms with Gasteiger partial charge in [-0.1, -0.05) is 12.1 Å². The van der Waals surface area contributed by atoms with E-state index in [0.29, 0.717) is 36.7 Å². The van der Waals surface area contributed by atoms with E-state index >= 15 is 0 Å². The minimum absolute atomic E-state index is 0.136. The molecule has 1 aromatic carbocycles. The maximum Gasteiger partial charge on any atom is 0.257 e. The molecule has 0 bridgehead atoms. The molecule has 0 radical (unpaired) electrons. The molecule has 1 N–H and O–H groups in total. The Balaban J connectivity index is 1.85. The molecule has 134 valence electrons. The predicted molar refractivity (Wildman–Crippen MR) is 92.6 cm³/mol. The first-order chi connectivity index (χ1) is 11.9. The minimum Gasteiger partial charge on any atom is -0.466 e. The summed E-state index contributed by atoms with van der Waals surface area (Å²) in [5, 5.41) is 2.77.